The number of aryl methyl sites for hydroxylation is 1. The topological polar surface area (TPSA) is 13.7 Å². The first-order chi connectivity index (χ1) is 18.2. The van der Waals surface area contributed by atoms with Gasteiger partial charge in [0.25, 0.3) is 0 Å². The first kappa shape index (κ1) is 23.5. The maximum atomic E-state index is 6.57. The molecule has 1 fully saturated rings. The molecule has 1 aliphatic carbocycles. The predicted molar refractivity (Wildman–Crippen MR) is 154 cm³/mol. The van der Waals surface area contributed by atoms with E-state index in [1.165, 1.54) is 39.0 Å². The third kappa shape index (κ3) is 5.16. The van der Waals surface area contributed by atoms with Crippen molar-refractivity contribution in [1.82, 2.24) is 0 Å². The van der Waals surface area contributed by atoms with E-state index < -0.39 is 0 Å². The third-order valence-electron chi connectivity index (χ3n) is 7.76. The summed E-state index contributed by atoms with van der Waals surface area (Å²) in [6.45, 7) is 5.33. The highest BCUT2D eigenvalue weighted by Crippen LogP contribution is 2.37. The van der Waals surface area contributed by atoms with Crippen molar-refractivity contribution in [2.24, 2.45) is 0 Å². The summed E-state index contributed by atoms with van der Waals surface area (Å²) in [5, 5.41) is 0. The summed E-state index contributed by atoms with van der Waals surface area (Å²) >= 11 is 0. The van der Waals surface area contributed by atoms with Crippen molar-refractivity contribution in [3.63, 3.8) is 0 Å². The molecule has 1 aliphatic heterocycles. The standard InChI is InChI=1S/C35H33NO/c1-26-15-19-31(20-16-26)37-34(29-11-3-2-4-12-29)25-36-23-21-30(22-24-36)35-32-13-7-5-9-27(32)17-18-28-10-6-8-14-33(28)35/h2-20,34H,21-25H2,1H3/p+1. The molecule has 1 N–H and O–H groups in total. The van der Waals surface area contributed by atoms with Crippen LogP contribution in [0.15, 0.2) is 109 Å². The minimum Gasteiger partial charge on any atom is -0.480 e. The fraction of sp³-hybridized carbons (Fsp3) is 0.200. The van der Waals surface area contributed by atoms with Gasteiger partial charge in [-0.2, -0.15) is 0 Å². The largest absolute Gasteiger partial charge is 0.480 e. The number of nitrogens with one attached hydrogen (secondary N) is 1. The van der Waals surface area contributed by atoms with E-state index in [0.29, 0.717) is 0 Å². The van der Waals surface area contributed by atoms with E-state index in [1.54, 1.807) is 10.5 Å². The van der Waals surface area contributed by atoms with Crippen molar-refractivity contribution in [1.29, 1.82) is 0 Å². The number of fused-ring (bicyclic) bond motifs is 2. The number of piperidine rings is 1. The van der Waals surface area contributed by atoms with Crippen molar-refractivity contribution < 1.29 is 9.64 Å². The molecule has 0 radical (unpaired) electrons. The Labute approximate surface area is 220 Å². The average molecular weight is 485 g/mol. The van der Waals surface area contributed by atoms with E-state index in [9.17, 15) is 0 Å². The summed E-state index contributed by atoms with van der Waals surface area (Å²) < 4.78 is 6.57. The second-order valence-electron chi connectivity index (χ2n) is 10.3. The molecule has 0 saturated carbocycles. The van der Waals surface area contributed by atoms with Gasteiger partial charge < -0.3 is 9.64 Å². The highest BCUT2D eigenvalue weighted by atomic mass is 16.5. The molecular formula is C35H34NO+. The minimum absolute atomic E-state index is 0.0386. The lowest BCUT2D eigenvalue weighted by Gasteiger charge is -2.31. The van der Waals surface area contributed by atoms with E-state index >= 15 is 0 Å². The quantitative estimate of drug-likeness (QED) is 0.290. The maximum Gasteiger partial charge on any atom is 0.172 e. The first-order valence-electron chi connectivity index (χ1n) is 13.5. The minimum atomic E-state index is 0.0386. The van der Waals surface area contributed by atoms with Gasteiger partial charge in [0.05, 0.1) is 13.1 Å². The molecule has 6 rings (SSSR count). The zero-order valence-electron chi connectivity index (χ0n) is 21.5. The zero-order chi connectivity index (χ0) is 25.0. The lowest BCUT2D eigenvalue weighted by molar-refractivity contribution is -0.906. The van der Waals surface area contributed by atoms with Crippen LogP contribution in [-0.4, -0.2) is 19.6 Å². The lowest BCUT2D eigenvalue weighted by Crippen LogP contribution is -3.13. The monoisotopic (exact) mass is 484 g/mol. The maximum absolute atomic E-state index is 6.57. The number of likely N-dealkylation sites (tertiary alicyclic amines) is 1. The molecule has 4 aromatic rings. The summed E-state index contributed by atoms with van der Waals surface area (Å²) in [5.74, 6) is 0.942. The molecule has 1 unspecified atom stereocenters. The molecule has 2 aliphatic rings. The SMILES string of the molecule is Cc1ccc(OC(C[NH+]2CCC(=C3c4ccccc4C=Cc4ccccc43)CC2)c2ccccc2)cc1. The highest BCUT2D eigenvalue weighted by Gasteiger charge is 2.27. The molecule has 1 heterocycles. The molecule has 0 spiro atoms. The van der Waals surface area contributed by atoms with E-state index in [2.05, 4.69) is 122 Å². The molecule has 0 amide bonds. The van der Waals surface area contributed by atoms with Gasteiger partial charge in [0, 0.05) is 12.8 Å². The molecule has 184 valence electrons. The van der Waals surface area contributed by atoms with E-state index in [1.807, 2.05) is 0 Å². The summed E-state index contributed by atoms with van der Waals surface area (Å²) in [6.07, 6.45) is 6.81. The van der Waals surface area contributed by atoms with Crippen LogP contribution in [0.1, 0.15) is 52.3 Å². The number of quaternary nitrogens is 1. The number of benzene rings is 4. The van der Waals surface area contributed by atoms with Gasteiger partial charge >= 0.3 is 0 Å². The average Bonchev–Trinajstić information content (AvgIpc) is 3.12. The van der Waals surface area contributed by atoms with Crippen LogP contribution in [0.3, 0.4) is 0 Å². The number of rotatable bonds is 5. The van der Waals surface area contributed by atoms with Gasteiger partial charge in [0.1, 0.15) is 12.3 Å². The predicted octanol–water partition coefficient (Wildman–Crippen LogP) is 6.78. The van der Waals surface area contributed by atoms with Gasteiger partial charge in [0.2, 0.25) is 0 Å². The van der Waals surface area contributed by atoms with Crippen LogP contribution in [0.4, 0.5) is 0 Å². The Morgan fingerprint density at radius 2 is 1.24 bits per heavy atom. The fourth-order valence-corrected chi connectivity index (χ4v) is 5.74. The van der Waals surface area contributed by atoms with Gasteiger partial charge in [-0.15, -0.1) is 0 Å². The van der Waals surface area contributed by atoms with Crippen molar-refractivity contribution in [3.05, 3.63) is 142 Å². The van der Waals surface area contributed by atoms with Crippen LogP contribution in [-0.2, 0) is 0 Å². The van der Waals surface area contributed by atoms with Gasteiger partial charge in [-0.05, 0) is 52.4 Å². The van der Waals surface area contributed by atoms with Crippen molar-refractivity contribution in [3.8, 4) is 5.75 Å². The molecule has 37 heavy (non-hydrogen) atoms. The molecular weight excluding hydrogens is 450 g/mol. The molecule has 1 saturated heterocycles. The van der Waals surface area contributed by atoms with Crippen LogP contribution in [0, 0.1) is 6.92 Å². The number of ether oxygens (including phenoxy) is 1. The fourth-order valence-electron chi connectivity index (χ4n) is 5.74. The van der Waals surface area contributed by atoms with Crippen LogP contribution in [0.5, 0.6) is 5.75 Å². The molecule has 2 nitrogen and oxygen atoms in total. The number of hydrogen-bond donors (Lipinski definition) is 1. The Balaban J connectivity index is 1.25. The second kappa shape index (κ2) is 10.6. The smallest absolute Gasteiger partial charge is 0.172 e. The highest BCUT2D eigenvalue weighted by molar-refractivity contribution is 5.94. The first-order valence-corrected chi connectivity index (χ1v) is 13.5. The Kier molecular flexibility index (Phi) is 6.75. The van der Waals surface area contributed by atoms with Crippen molar-refractivity contribution in [2.45, 2.75) is 25.9 Å². The Morgan fingerprint density at radius 1 is 0.676 bits per heavy atom. The summed E-state index contributed by atoms with van der Waals surface area (Å²) in [7, 11) is 0. The molecule has 1 atom stereocenters. The second-order valence-corrected chi connectivity index (χ2v) is 10.3. The van der Waals surface area contributed by atoms with E-state index in [4.69, 9.17) is 4.74 Å². The Hall–Kier alpha value is -3.88. The van der Waals surface area contributed by atoms with E-state index in [-0.39, 0.29) is 6.10 Å². The van der Waals surface area contributed by atoms with Crippen LogP contribution < -0.4 is 9.64 Å². The van der Waals surface area contributed by atoms with Gasteiger partial charge in [-0.3, -0.25) is 0 Å². The number of hydrogen-bond acceptors (Lipinski definition) is 1. The Bertz CT molecular complexity index is 1370. The van der Waals surface area contributed by atoms with Crippen LogP contribution >= 0.6 is 0 Å². The Morgan fingerprint density at radius 3 is 1.86 bits per heavy atom. The van der Waals surface area contributed by atoms with Crippen molar-refractivity contribution >= 4 is 17.7 Å². The lowest BCUT2D eigenvalue weighted by atomic mass is 9.86. The molecule has 2 heteroatoms. The summed E-state index contributed by atoms with van der Waals surface area (Å²) in [5.41, 5.74) is 10.9. The summed E-state index contributed by atoms with van der Waals surface area (Å²) in [4.78, 5) is 1.61. The van der Waals surface area contributed by atoms with Gasteiger partial charge in [-0.1, -0.05) is 114 Å². The van der Waals surface area contributed by atoms with Gasteiger partial charge in [-0.25, -0.2) is 0 Å². The normalized spacial score (nSPS) is 17.5. The van der Waals surface area contributed by atoms with E-state index in [0.717, 1.165) is 38.2 Å². The van der Waals surface area contributed by atoms with Crippen LogP contribution in [0.2, 0.25) is 0 Å². The molecule has 4 aromatic carbocycles. The molecule has 0 bridgehead atoms. The van der Waals surface area contributed by atoms with Gasteiger partial charge in [0.15, 0.2) is 6.10 Å². The third-order valence-corrected chi connectivity index (χ3v) is 7.76. The summed E-state index contributed by atoms with van der Waals surface area (Å²) in [6, 6.07) is 36.9. The van der Waals surface area contributed by atoms with Crippen LogP contribution in [0.25, 0.3) is 17.7 Å². The molecule has 0 aromatic heterocycles. The zero-order valence-corrected chi connectivity index (χ0v) is 21.5. The van der Waals surface area contributed by atoms with Crippen molar-refractivity contribution in [2.75, 3.05) is 19.6 Å².